The zero-order valence-electron chi connectivity index (χ0n) is 13.0. The molecule has 0 unspecified atom stereocenters. The van der Waals surface area contributed by atoms with E-state index in [1.807, 2.05) is 13.8 Å². The van der Waals surface area contributed by atoms with Gasteiger partial charge < -0.3 is 20.8 Å². The van der Waals surface area contributed by atoms with E-state index in [1.54, 1.807) is 24.3 Å². The lowest BCUT2D eigenvalue weighted by Gasteiger charge is -2.15. The number of rotatable bonds is 5. The van der Waals surface area contributed by atoms with E-state index in [-0.39, 0.29) is 24.3 Å². The molecule has 0 radical (unpaired) electrons. The monoisotopic (exact) mass is 317 g/mol. The number of carbonyl (C=O) groups is 2. The van der Waals surface area contributed by atoms with Gasteiger partial charge in [0.2, 0.25) is 11.8 Å². The zero-order chi connectivity index (χ0) is 17.0. The van der Waals surface area contributed by atoms with E-state index in [9.17, 15) is 14.4 Å². The van der Waals surface area contributed by atoms with Crippen LogP contribution in [0.3, 0.4) is 0 Å². The third-order valence-electron chi connectivity index (χ3n) is 3.35. The van der Waals surface area contributed by atoms with Crippen LogP contribution < -0.4 is 22.0 Å². The smallest absolute Gasteiger partial charge is 0.336 e. The number of anilines is 1. The highest BCUT2D eigenvalue weighted by Crippen LogP contribution is 2.17. The number of hydrogen-bond acceptors (Lipinski definition) is 5. The van der Waals surface area contributed by atoms with Crippen molar-refractivity contribution in [2.24, 2.45) is 11.7 Å². The van der Waals surface area contributed by atoms with Crippen LogP contribution in [-0.2, 0) is 9.59 Å². The molecule has 7 nitrogen and oxygen atoms in total. The van der Waals surface area contributed by atoms with Crippen LogP contribution in [0.5, 0.6) is 0 Å². The van der Waals surface area contributed by atoms with Crippen molar-refractivity contribution in [2.45, 2.75) is 19.9 Å². The van der Waals surface area contributed by atoms with E-state index < -0.39 is 11.7 Å². The fourth-order valence-electron chi connectivity index (χ4n) is 1.94. The van der Waals surface area contributed by atoms with Gasteiger partial charge in [-0.3, -0.25) is 9.59 Å². The molecule has 0 fully saturated rings. The molecule has 1 heterocycles. The largest absolute Gasteiger partial charge is 0.423 e. The molecule has 7 heteroatoms. The van der Waals surface area contributed by atoms with Crippen molar-refractivity contribution in [2.75, 3.05) is 11.9 Å². The molecule has 0 aliphatic carbocycles. The highest BCUT2D eigenvalue weighted by molar-refractivity contribution is 5.96. The first-order chi connectivity index (χ1) is 10.9. The number of amides is 2. The summed E-state index contributed by atoms with van der Waals surface area (Å²) < 4.78 is 5.01. The molecular weight excluding hydrogens is 298 g/mol. The van der Waals surface area contributed by atoms with Gasteiger partial charge in [-0.05, 0) is 30.2 Å². The fraction of sp³-hybridized carbons (Fsp3) is 0.312. The Balaban J connectivity index is 1.96. The summed E-state index contributed by atoms with van der Waals surface area (Å²) in [5, 5.41) is 5.84. The van der Waals surface area contributed by atoms with Crippen LogP contribution in [0.1, 0.15) is 13.8 Å². The maximum atomic E-state index is 11.9. The molecule has 23 heavy (non-hydrogen) atoms. The van der Waals surface area contributed by atoms with Gasteiger partial charge in [0, 0.05) is 17.1 Å². The number of nitrogens with one attached hydrogen (secondary N) is 2. The van der Waals surface area contributed by atoms with Crippen molar-refractivity contribution in [3.05, 3.63) is 40.8 Å². The van der Waals surface area contributed by atoms with Crippen LogP contribution in [0.4, 0.5) is 5.69 Å². The molecule has 122 valence electrons. The summed E-state index contributed by atoms with van der Waals surface area (Å²) in [4.78, 5) is 34.7. The lowest BCUT2D eigenvalue weighted by molar-refractivity contribution is -0.125. The van der Waals surface area contributed by atoms with Crippen LogP contribution in [0, 0.1) is 5.92 Å². The summed E-state index contributed by atoms with van der Waals surface area (Å²) in [6.07, 6.45) is 0. The number of carbonyl (C=O) groups excluding carboxylic acids is 2. The first kappa shape index (κ1) is 16.7. The summed E-state index contributed by atoms with van der Waals surface area (Å²) >= 11 is 0. The lowest BCUT2D eigenvalue weighted by Crippen LogP contribution is -2.46. The fourth-order valence-corrected chi connectivity index (χ4v) is 1.94. The van der Waals surface area contributed by atoms with Gasteiger partial charge in [0.1, 0.15) is 5.58 Å². The van der Waals surface area contributed by atoms with E-state index in [0.717, 1.165) is 0 Å². The lowest BCUT2D eigenvalue weighted by atomic mass is 10.1. The van der Waals surface area contributed by atoms with Crippen molar-refractivity contribution in [1.82, 2.24) is 5.32 Å². The molecule has 0 spiro atoms. The molecule has 2 amide bonds. The minimum absolute atomic E-state index is 0.00629. The molecule has 0 saturated heterocycles. The quantitative estimate of drug-likeness (QED) is 0.707. The Morgan fingerprint density at radius 3 is 2.65 bits per heavy atom. The van der Waals surface area contributed by atoms with Gasteiger partial charge >= 0.3 is 5.63 Å². The minimum Gasteiger partial charge on any atom is -0.423 e. The SMILES string of the molecule is CC(C)[C@H](N)C(=O)NCC(=O)Nc1ccc2oc(=O)ccc2c1. The van der Waals surface area contributed by atoms with Crippen molar-refractivity contribution in [3.8, 4) is 0 Å². The average molecular weight is 317 g/mol. The maximum absolute atomic E-state index is 11.9. The van der Waals surface area contributed by atoms with Gasteiger partial charge in [-0.2, -0.15) is 0 Å². The Bertz CT molecular complexity index is 782. The van der Waals surface area contributed by atoms with Crippen LogP contribution in [0.15, 0.2) is 39.5 Å². The second-order valence-electron chi connectivity index (χ2n) is 5.54. The molecule has 1 aromatic heterocycles. The topological polar surface area (TPSA) is 114 Å². The Labute approximate surface area is 132 Å². The highest BCUT2D eigenvalue weighted by atomic mass is 16.4. The van der Waals surface area contributed by atoms with Crippen LogP contribution in [0.25, 0.3) is 11.0 Å². The molecule has 2 aromatic rings. The first-order valence-corrected chi connectivity index (χ1v) is 7.24. The number of fused-ring (bicyclic) bond motifs is 1. The minimum atomic E-state index is -0.647. The Hall–Kier alpha value is -2.67. The van der Waals surface area contributed by atoms with E-state index in [0.29, 0.717) is 16.7 Å². The molecule has 0 aliphatic rings. The maximum Gasteiger partial charge on any atom is 0.336 e. The van der Waals surface area contributed by atoms with Crippen molar-refractivity contribution in [3.63, 3.8) is 0 Å². The summed E-state index contributed by atoms with van der Waals surface area (Å²) in [5.41, 5.74) is 6.24. The summed E-state index contributed by atoms with van der Waals surface area (Å²) in [6, 6.07) is 7.16. The number of nitrogens with two attached hydrogens (primary N) is 1. The van der Waals surface area contributed by atoms with Gasteiger partial charge in [-0.15, -0.1) is 0 Å². The van der Waals surface area contributed by atoms with Gasteiger partial charge in [-0.25, -0.2) is 4.79 Å². The Morgan fingerprint density at radius 2 is 1.96 bits per heavy atom. The standard InChI is InChI=1S/C16H19N3O4/c1-9(2)15(17)16(22)18-8-13(20)19-11-4-5-12-10(7-11)3-6-14(21)23-12/h3-7,9,15H,8,17H2,1-2H3,(H,18,22)(H,19,20)/t15-/m0/s1. The van der Waals surface area contributed by atoms with Crippen LogP contribution in [0.2, 0.25) is 0 Å². The number of hydrogen-bond donors (Lipinski definition) is 3. The molecule has 1 aromatic carbocycles. The van der Waals surface area contributed by atoms with Crippen molar-refractivity contribution < 1.29 is 14.0 Å². The summed E-state index contributed by atoms with van der Waals surface area (Å²) in [7, 11) is 0. The predicted molar refractivity (Wildman–Crippen MR) is 86.9 cm³/mol. The van der Waals surface area contributed by atoms with Gasteiger partial charge in [0.05, 0.1) is 12.6 Å². The second-order valence-corrected chi connectivity index (χ2v) is 5.54. The summed E-state index contributed by atoms with van der Waals surface area (Å²) in [6.45, 7) is 3.50. The molecule has 0 aliphatic heterocycles. The Morgan fingerprint density at radius 1 is 1.22 bits per heavy atom. The predicted octanol–water partition coefficient (Wildman–Crippen LogP) is 0.831. The highest BCUT2D eigenvalue weighted by Gasteiger charge is 2.17. The number of benzene rings is 1. The van der Waals surface area contributed by atoms with E-state index in [2.05, 4.69) is 10.6 Å². The Kier molecular flexibility index (Phi) is 5.13. The van der Waals surface area contributed by atoms with E-state index in [1.165, 1.54) is 6.07 Å². The summed E-state index contributed by atoms with van der Waals surface area (Å²) in [5.74, 6) is -0.741. The molecule has 1 atom stereocenters. The zero-order valence-corrected chi connectivity index (χ0v) is 13.0. The van der Waals surface area contributed by atoms with Gasteiger partial charge in [0.25, 0.3) is 0 Å². The normalized spacial score (nSPS) is 12.2. The molecule has 2 rings (SSSR count). The molecule has 0 saturated carbocycles. The van der Waals surface area contributed by atoms with Crippen molar-refractivity contribution >= 4 is 28.5 Å². The molecule has 4 N–H and O–H groups in total. The third kappa shape index (κ3) is 4.40. The molecular formula is C16H19N3O4. The molecule has 0 bridgehead atoms. The average Bonchev–Trinajstić information content (AvgIpc) is 2.51. The van der Waals surface area contributed by atoms with Gasteiger partial charge in [-0.1, -0.05) is 13.8 Å². The second kappa shape index (κ2) is 7.06. The van der Waals surface area contributed by atoms with Crippen LogP contribution >= 0.6 is 0 Å². The van der Waals surface area contributed by atoms with Gasteiger partial charge in [0.15, 0.2) is 0 Å². The first-order valence-electron chi connectivity index (χ1n) is 7.24. The van der Waals surface area contributed by atoms with Crippen LogP contribution in [-0.4, -0.2) is 24.4 Å². The van der Waals surface area contributed by atoms with E-state index >= 15 is 0 Å². The van der Waals surface area contributed by atoms with E-state index in [4.69, 9.17) is 10.2 Å². The third-order valence-corrected chi connectivity index (χ3v) is 3.35. The van der Waals surface area contributed by atoms with Crippen molar-refractivity contribution in [1.29, 1.82) is 0 Å².